The van der Waals surface area contributed by atoms with Crippen LogP contribution in [0.3, 0.4) is 0 Å². The Hall–Kier alpha value is -1.46. The maximum Gasteiger partial charge on any atom is 0.203 e. The zero-order chi connectivity index (χ0) is 13.4. The summed E-state index contributed by atoms with van der Waals surface area (Å²) in [4.78, 5) is 0. The number of nitrogens with one attached hydrogen (secondary N) is 1. The van der Waals surface area contributed by atoms with Crippen molar-refractivity contribution in [2.45, 2.75) is 13.5 Å². The van der Waals surface area contributed by atoms with Crippen LogP contribution in [0.1, 0.15) is 12.5 Å². The summed E-state index contributed by atoms with van der Waals surface area (Å²) in [6.45, 7) is 3.84. The predicted octanol–water partition coefficient (Wildman–Crippen LogP) is 1.18. The molecule has 1 aromatic rings. The van der Waals surface area contributed by atoms with E-state index in [0.29, 0.717) is 17.2 Å². The molecule has 102 valence electrons. The first kappa shape index (κ1) is 14.6. The molecule has 0 saturated heterocycles. The van der Waals surface area contributed by atoms with Gasteiger partial charge in [0, 0.05) is 6.54 Å². The molecule has 0 radical (unpaired) electrons. The van der Waals surface area contributed by atoms with E-state index in [1.807, 2.05) is 19.1 Å². The number of hydrogen-bond donors (Lipinski definition) is 2. The lowest BCUT2D eigenvalue weighted by molar-refractivity contribution is 0.191. The highest BCUT2D eigenvalue weighted by Crippen LogP contribution is 2.38. The molecule has 1 aromatic carbocycles. The zero-order valence-corrected chi connectivity index (χ0v) is 11.2. The summed E-state index contributed by atoms with van der Waals surface area (Å²) >= 11 is 0. The fraction of sp³-hybridized carbons (Fsp3) is 0.538. The Labute approximate surface area is 108 Å². The minimum Gasteiger partial charge on any atom is -0.493 e. The standard InChI is InChI=1S/C13H21NO4/c1-4-14-9-10-7-11(16-2)13(18-6-5-15)12(8-10)17-3/h7-8,14-15H,4-6,9H2,1-3H3. The lowest BCUT2D eigenvalue weighted by Gasteiger charge is -2.15. The van der Waals surface area contributed by atoms with E-state index in [-0.39, 0.29) is 13.2 Å². The second-order valence-corrected chi connectivity index (χ2v) is 3.68. The number of rotatable bonds is 8. The lowest BCUT2D eigenvalue weighted by atomic mass is 10.1. The van der Waals surface area contributed by atoms with Crippen molar-refractivity contribution in [2.24, 2.45) is 0 Å². The number of methoxy groups -OCH3 is 2. The normalized spacial score (nSPS) is 10.2. The maximum atomic E-state index is 8.81. The Kier molecular flexibility index (Phi) is 6.32. The third-order valence-corrected chi connectivity index (χ3v) is 2.44. The molecule has 0 bridgehead atoms. The van der Waals surface area contributed by atoms with Gasteiger partial charge in [0.05, 0.1) is 20.8 Å². The summed E-state index contributed by atoms with van der Waals surface area (Å²) in [6, 6.07) is 3.80. The molecule has 5 nitrogen and oxygen atoms in total. The van der Waals surface area contributed by atoms with E-state index in [2.05, 4.69) is 5.32 Å². The number of aliphatic hydroxyl groups excluding tert-OH is 1. The number of ether oxygens (including phenoxy) is 3. The average Bonchev–Trinajstić information content (AvgIpc) is 2.42. The molecule has 1 rings (SSSR count). The lowest BCUT2D eigenvalue weighted by Crippen LogP contribution is -2.12. The third-order valence-electron chi connectivity index (χ3n) is 2.44. The van der Waals surface area contributed by atoms with Crippen molar-refractivity contribution in [1.82, 2.24) is 5.32 Å². The third kappa shape index (κ3) is 3.78. The highest BCUT2D eigenvalue weighted by Gasteiger charge is 2.13. The summed E-state index contributed by atoms with van der Waals surface area (Å²) in [5.41, 5.74) is 1.06. The van der Waals surface area contributed by atoms with E-state index < -0.39 is 0 Å². The summed E-state index contributed by atoms with van der Waals surface area (Å²) in [5.74, 6) is 1.74. The number of hydrogen-bond acceptors (Lipinski definition) is 5. The van der Waals surface area contributed by atoms with Gasteiger partial charge in [-0.3, -0.25) is 0 Å². The quantitative estimate of drug-likeness (QED) is 0.730. The highest BCUT2D eigenvalue weighted by atomic mass is 16.5. The molecule has 0 aliphatic heterocycles. The van der Waals surface area contributed by atoms with Gasteiger partial charge in [-0.05, 0) is 24.2 Å². The molecule has 5 heteroatoms. The first-order valence-corrected chi connectivity index (χ1v) is 5.96. The predicted molar refractivity (Wildman–Crippen MR) is 69.5 cm³/mol. The molecule has 0 aliphatic carbocycles. The van der Waals surface area contributed by atoms with Gasteiger partial charge < -0.3 is 24.6 Å². The molecule has 0 saturated carbocycles. The van der Waals surface area contributed by atoms with Crippen LogP contribution in [0.5, 0.6) is 17.2 Å². The molecule has 0 aliphatic rings. The van der Waals surface area contributed by atoms with E-state index in [1.165, 1.54) is 0 Å². The second kappa shape index (κ2) is 7.79. The van der Waals surface area contributed by atoms with Gasteiger partial charge in [-0.1, -0.05) is 6.92 Å². The number of benzene rings is 1. The van der Waals surface area contributed by atoms with Crippen LogP contribution < -0.4 is 19.5 Å². The Morgan fingerprint density at radius 2 is 1.78 bits per heavy atom. The van der Waals surface area contributed by atoms with Crippen molar-refractivity contribution in [3.05, 3.63) is 17.7 Å². The zero-order valence-electron chi connectivity index (χ0n) is 11.2. The Balaban J connectivity index is 3.00. The van der Waals surface area contributed by atoms with Gasteiger partial charge in [-0.2, -0.15) is 0 Å². The van der Waals surface area contributed by atoms with Crippen LogP contribution in [-0.4, -0.2) is 39.1 Å². The van der Waals surface area contributed by atoms with E-state index in [1.54, 1.807) is 14.2 Å². The fourth-order valence-electron chi connectivity index (χ4n) is 1.60. The summed E-state index contributed by atoms with van der Waals surface area (Å²) < 4.78 is 16.0. The molecule has 0 amide bonds. The molecule has 0 spiro atoms. The van der Waals surface area contributed by atoms with E-state index >= 15 is 0 Å². The van der Waals surface area contributed by atoms with Crippen LogP contribution >= 0.6 is 0 Å². The van der Waals surface area contributed by atoms with Crippen molar-refractivity contribution in [2.75, 3.05) is 34.0 Å². The second-order valence-electron chi connectivity index (χ2n) is 3.68. The molecule has 0 heterocycles. The largest absolute Gasteiger partial charge is 0.493 e. The van der Waals surface area contributed by atoms with Gasteiger partial charge in [-0.15, -0.1) is 0 Å². The SMILES string of the molecule is CCNCc1cc(OC)c(OCCO)c(OC)c1. The maximum absolute atomic E-state index is 8.81. The van der Waals surface area contributed by atoms with Crippen LogP contribution in [0, 0.1) is 0 Å². The average molecular weight is 255 g/mol. The van der Waals surface area contributed by atoms with Crippen LogP contribution in [0.4, 0.5) is 0 Å². The molecule has 0 fully saturated rings. The van der Waals surface area contributed by atoms with Gasteiger partial charge in [0.25, 0.3) is 0 Å². The summed E-state index contributed by atoms with van der Waals surface area (Å²) in [6.07, 6.45) is 0. The van der Waals surface area contributed by atoms with Crippen LogP contribution in [0.2, 0.25) is 0 Å². The molecular formula is C13H21NO4. The van der Waals surface area contributed by atoms with Crippen molar-refractivity contribution in [1.29, 1.82) is 0 Å². The minimum atomic E-state index is -0.0501. The minimum absolute atomic E-state index is 0.0501. The first-order valence-electron chi connectivity index (χ1n) is 5.96. The monoisotopic (exact) mass is 255 g/mol. The van der Waals surface area contributed by atoms with Crippen LogP contribution in [0.25, 0.3) is 0 Å². The summed E-state index contributed by atoms with van der Waals surface area (Å²) in [7, 11) is 3.16. The van der Waals surface area contributed by atoms with Gasteiger partial charge in [0.1, 0.15) is 6.61 Å². The Bertz CT molecular complexity index is 343. The molecule has 0 unspecified atom stereocenters. The van der Waals surface area contributed by atoms with Crippen molar-refractivity contribution >= 4 is 0 Å². The topological polar surface area (TPSA) is 60.0 Å². The van der Waals surface area contributed by atoms with Gasteiger partial charge in [0.2, 0.25) is 5.75 Å². The number of aliphatic hydroxyl groups is 1. The highest BCUT2D eigenvalue weighted by molar-refractivity contribution is 5.53. The first-order chi connectivity index (χ1) is 8.76. The fourth-order valence-corrected chi connectivity index (χ4v) is 1.60. The van der Waals surface area contributed by atoms with Crippen LogP contribution in [-0.2, 0) is 6.54 Å². The summed E-state index contributed by atoms with van der Waals surface area (Å²) in [5, 5.41) is 12.0. The Morgan fingerprint density at radius 1 is 1.17 bits per heavy atom. The smallest absolute Gasteiger partial charge is 0.203 e. The Morgan fingerprint density at radius 3 is 2.22 bits per heavy atom. The van der Waals surface area contributed by atoms with E-state index in [9.17, 15) is 0 Å². The molecule has 0 aromatic heterocycles. The van der Waals surface area contributed by atoms with Crippen LogP contribution in [0.15, 0.2) is 12.1 Å². The van der Waals surface area contributed by atoms with E-state index in [0.717, 1.165) is 18.7 Å². The van der Waals surface area contributed by atoms with Crippen molar-refractivity contribution < 1.29 is 19.3 Å². The van der Waals surface area contributed by atoms with Gasteiger partial charge in [-0.25, -0.2) is 0 Å². The molecule has 0 atom stereocenters. The van der Waals surface area contributed by atoms with Crippen molar-refractivity contribution in [3.63, 3.8) is 0 Å². The molecule has 18 heavy (non-hydrogen) atoms. The molecular weight excluding hydrogens is 234 g/mol. The van der Waals surface area contributed by atoms with E-state index in [4.69, 9.17) is 19.3 Å². The van der Waals surface area contributed by atoms with Crippen molar-refractivity contribution in [3.8, 4) is 17.2 Å². The molecule has 2 N–H and O–H groups in total. The van der Waals surface area contributed by atoms with Gasteiger partial charge >= 0.3 is 0 Å². The van der Waals surface area contributed by atoms with Gasteiger partial charge in [0.15, 0.2) is 11.5 Å².